The molecule has 0 aliphatic carbocycles. The topological polar surface area (TPSA) is 286 Å². The molecule has 2 N–H and O–H groups in total. The molecule has 224 valence electrons. The molecule has 3 aromatic rings. The Morgan fingerprint density at radius 3 is 1.64 bits per heavy atom. The van der Waals surface area contributed by atoms with E-state index in [1.54, 1.807) is 6.07 Å². The largest absolute Gasteiger partial charge is 2.00 e. The molecule has 5 heterocycles. The zero-order chi connectivity index (χ0) is 29.4. The number of H-pyrrole nitrogens is 2. The van der Waals surface area contributed by atoms with Crippen molar-refractivity contribution in [3.63, 3.8) is 0 Å². The van der Waals surface area contributed by atoms with Gasteiger partial charge in [-0.3, -0.25) is 0 Å². The first-order valence-electron chi connectivity index (χ1n) is 10.3. The summed E-state index contributed by atoms with van der Waals surface area (Å²) < 4.78 is 147. The minimum Gasteiger partial charge on any atom is -0.744 e. The number of nitrogens with one attached hydrogen (secondary N) is 2. The van der Waals surface area contributed by atoms with E-state index in [1.165, 1.54) is 30.4 Å². The molecule has 16 nitrogen and oxygen atoms in total. The maximum Gasteiger partial charge on any atom is 2.00 e. The Hall–Kier alpha value is -2.75. The van der Waals surface area contributed by atoms with Gasteiger partial charge in [-0.2, -0.15) is 0 Å². The molecule has 0 unspecified atom stereocenters. The average molecular weight is 744 g/mol. The molecular formula is C20H10Co2N4O12S4. The van der Waals surface area contributed by atoms with Crippen LogP contribution in [0.25, 0.3) is 44.0 Å². The van der Waals surface area contributed by atoms with Gasteiger partial charge in [0, 0.05) is 16.6 Å². The number of aromatic amines is 2. The fourth-order valence-corrected chi connectivity index (χ4v) is 7.66. The molecule has 2 radical (unpaired) electrons. The maximum atomic E-state index is 12.4. The van der Waals surface area contributed by atoms with Crippen LogP contribution in [0.4, 0.5) is 0 Å². The monoisotopic (exact) mass is 744 g/mol. The first-order valence-corrected chi connectivity index (χ1v) is 16.0. The fourth-order valence-electron chi connectivity index (χ4n) is 4.05. The summed E-state index contributed by atoms with van der Waals surface area (Å²) in [7, 11) is -23.8. The molecule has 2 aliphatic rings. The number of fused-ring (bicyclic) bond motifs is 8. The van der Waals surface area contributed by atoms with Crippen LogP contribution in [0, 0.1) is 0 Å². The molecular weight excluding hydrogens is 734 g/mol. The van der Waals surface area contributed by atoms with Gasteiger partial charge >= 0.3 is 33.6 Å². The van der Waals surface area contributed by atoms with Crippen molar-refractivity contribution in [2.45, 2.75) is 9.79 Å². The second-order valence-corrected chi connectivity index (χ2v) is 13.5. The van der Waals surface area contributed by atoms with Crippen LogP contribution in [-0.4, -0.2) is 71.8 Å². The Morgan fingerprint density at radius 1 is 0.571 bits per heavy atom. The van der Waals surface area contributed by atoms with Crippen LogP contribution in [-0.2, 0) is 74.0 Å². The molecule has 22 heteroatoms. The van der Waals surface area contributed by atoms with Gasteiger partial charge in [-0.15, -0.1) is 0 Å². The van der Waals surface area contributed by atoms with Crippen LogP contribution in [0.15, 0.2) is 46.2 Å². The smallest absolute Gasteiger partial charge is 0.744 e. The van der Waals surface area contributed by atoms with Crippen LogP contribution in [0.2, 0.25) is 0 Å². The van der Waals surface area contributed by atoms with E-state index in [-0.39, 0.29) is 56.0 Å². The summed E-state index contributed by atoms with van der Waals surface area (Å²) in [6.07, 6.45) is 2.70. The Balaban J connectivity index is 0.00000242. The molecule has 5 rings (SSSR count). The van der Waals surface area contributed by atoms with Gasteiger partial charge in [0.1, 0.15) is 56.0 Å². The summed E-state index contributed by atoms with van der Waals surface area (Å²) in [5, 5.41) is 0. The number of hydrogen-bond acceptors (Lipinski definition) is 14. The predicted octanol–water partition coefficient (Wildman–Crippen LogP) is 0.205. The molecule has 0 aromatic carbocycles. The SMILES string of the molecule is O=S(=O)([O-])C1=C(S(=O)(=O)[O-])c2nc1cc1nc(cc3ccc(cc4cc(S(=O)(=O)[O-])c([nH]4)c2S(=O)(=O)[O-])[nH]3)C=C1.[Co+2].[Co+2]. The van der Waals surface area contributed by atoms with E-state index in [9.17, 15) is 51.9 Å². The molecule has 8 bridgehead atoms. The fraction of sp³-hybridized carbons (Fsp3) is 0. The quantitative estimate of drug-likeness (QED) is 0.264. The summed E-state index contributed by atoms with van der Waals surface area (Å²) in [6, 6.07) is 7.08. The zero-order valence-electron chi connectivity index (χ0n) is 19.7. The number of nitrogens with zero attached hydrogens (tertiary/aromatic N) is 2. The summed E-state index contributed by atoms with van der Waals surface area (Å²) in [6.45, 7) is 0. The van der Waals surface area contributed by atoms with Crippen LogP contribution in [0.1, 0.15) is 22.8 Å². The van der Waals surface area contributed by atoms with Gasteiger partial charge in [0.15, 0.2) is 0 Å². The second kappa shape index (κ2) is 11.1. The Morgan fingerprint density at radius 2 is 1.12 bits per heavy atom. The third-order valence-corrected chi connectivity index (χ3v) is 9.16. The number of hydrogen-bond donors (Lipinski definition) is 2. The van der Waals surface area contributed by atoms with E-state index in [2.05, 4.69) is 19.9 Å². The minimum atomic E-state index is -6.12. The normalized spacial score (nSPS) is 13.9. The molecule has 2 aliphatic heterocycles. The van der Waals surface area contributed by atoms with E-state index < -0.39 is 77.0 Å². The zero-order valence-corrected chi connectivity index (χ0v) is 25.1. The van der Waals surface area contributed by atoms with Gasteiger partial charge in [0.05, 0.1) is 32.4 Å². The molecule has 3 aromatic heterocycles. The van der Waals surface area contributed by atoms with Gasteiger partial charge in [-0.1, -0.05) is 0 Å². The number of rotatable bonds is 4. The molecule has 0 saturated carbocycles. The molecule has 0 amide bonds. The van der Waals surface area contributed by atoms with E-state index in [0.717, 1.165) is 6.07 Å². The van der Waals surface area contributed by atoms with Gasteiger partial charge in [-0.05, 0) is 48.6 Å². The average Bonchev–Trinajstić information content (AvgIpc) is 3.53. The van der Waals surface area contributed by atoms with Crippen molar-refractivity contribution >= 4 is 84.5 Å². The van der Waals surface area contributed by atoms with Crippen molar-refractivity contribution in [2.24, 2.45) is 0 Å². The minimum absolute atomic E-state index is 0. The van der Waals surface area contributed by atoms with Gasteiger partial charge in [0.2, 0.25) is 0 Å². The van der Waals surface area contributed by atoms with Crippen molar-refractivity contribution in [1.29, 1.82) is 0 Å². The first-order chi connectivity index (χ1) is 18.3. The van der Waals surface area contributed by atoms with Crippen LogP contribution in [0.5, 0.6) is 0 Å². The Labute approximate surface area is 257 Å². The van der Waals surface area contributed by atoms with Crippen LogP contribution >= 0.6 is 0 Å². The van der Waals surface area contributed by atoms with E-state index in [4.69, 9.17) is 0 Å². The van der Waals surface area contributed by atoms with Crippen molar-refractivity contribution in [1.82, 2.24) is 19.9 Å². The third kappa shape index (κ3) is 6.43. The van der Waals surface area contributed by atoms with Crippen molar-refractivity contribution in [3.8, 4) is 0 Å². The second-order valence-electron chi connectivity index (χ2n) is 8.21. The molecule has 0 spiro atoms. The standard InChI is InChI=1S/C20H14N4O12S4.2Co/c25-37(26,27)15-8-13-6-11-2-1-9(21-11)5-10-3-4-12(22-10)7-14-18(38(28,29)30)20(40(34,35)36)17(24-14)19(16(15)23-13)39(31,32)33;;/h1-8,21,23H,(H,25,26,27)(H,28,29,30)(H,31,32,33)(H,34,35,36);;/q;2*+2/p-4. The molecule has 0 fully saturated rings. The summed E-state index contributed by atoms with van der Waals surface area (Å²) >= 11 is 0. The molecule has 0 saturated heterocycles. The summed E-state index contributed by atoms with van der Waals surface area (Å²) in [4.78, 5) is 5.62. The van der Waals surface area contributed by atoms with E-state index in [0.29, 0.717) is 11.6 Å². The summed E-state index contributed by atoms with van der Waals surface area (Å²) in [5.41, 5.74) is -3.57. The van der Waals surface area contributed by atoms with Crippen LogP contribution in [0.3, 0.4) is 0 Å². The predicted molar refractivity (Wildman–Crippen MR) is 132 cm³/mol. The van der Waals surface area contributed by atoms with Crippen molar-refractivity contribution in [2.75, 3.05) is 0 Å². The first kappa shape index (κ1) is 33.8. The van der Waals surface area contributed by atoms with Gasteiger partial charge in [-0.25, -0.2) is 43.6 Å². The molecule has 42 heavy (non-hydrogen) atoms. The number of aromatic nitrogens is 4. The van der Waals surface area contributed by atoms with Crippen molar-refractivity contribution in [3.05, 3.63) is 59.2 Å². The van der Waals surface area contributed by atoms with Gasteiger partial charge < -0.3 is 28.2 Å². The van der Waals surface area contributed by atoms with E-state index >= 15 is 0 Å². The Kier molecular flexibility index (Phi) is 8.90. The summed E-state index contributed by atoms with van der Waals surface area (Å²) in [5.74, 6) is 0. The van der Waals surface area contributed by atoms with E-state index in [1.807, 2.05) is 0 Å². The Bertz CT molecular complexity index is 2330. The van der Waals surface area contributed by atoms with Crippen molar-refractivity contribution < 1.29 is 85.4 Å². The third-order valence-electron chi connectivity index (χ3n) is 5.46. The molecule has 0 atom stereocenters. The van der Waals surface area contributed by atoms with Gasteiger partial charge in [0.25, 0.3) is 0 Å². The van der Waals surface area contributed by atoms with Crippen LogP contribution < -0.4 is 0 Å². The maximum absolute atomic E-state index is 12.4.